The Bertz CT molecular complexity index is 1810. The summed E-state index contributed by atoms with van der Waals surface area (Å²) >= 11 is 0. The van der Waals surface area contributed by atoms with Crippen LogP contribution in [0.2, 0.25) is 0 Å². The van der Waals surface area contributed by atoms with Crippen molar-refractivity contribution in [1.29, 1.82) is 0 Å². The van der Waals surface area contributed by atoms with Gasteiger partial charge in [-0.2, -0.15) is 5.10 Å². The van der Waals surface area contributed by atoms with Crippen LogP contribution in [0.3, 0.4) is 0 Å². The minimum atomic E-state index is -0.308. The van der Waals surface area contributed by atoms with Crippen LogP contribution in [-0.2, 0) is 0 Å². The first-order valence-corrected chi connectivity index (χ1v) is 12.1. The molecule has 0 bridgehead atoms. The Morgan fingerprint density at radius 3 is 2.70 bits per heavy atom. The van der Waals surface area contributed by atoms with Crippen molar-refractivity contribution in [2.24, 2.45) is 5.92 Å². The number of rotatable bonds is 6. The smallest absolute Gasteiger partial charge is 0.181 e. The van der Waals surface area contributed by atoms with Crippen molar-refractivity contribution in [1.82, 2.24) is 30.1 Å². The Kier molecular flexibility index (Phi) is 4.85. The first kappa shape index (κ1) is 21.4. The molecule has 8 heteroatoms. The second-order valence-corrected chi connectivity index (χ2v) is 9.36. The molecule has 0 unspecified atom stereocenters. The molecule has 7 rings (SSSR count). The van der Waals surface area contributed by atoms with Gasteiger partial charge >= 0.3 is 0 Å². The molecule has 0 saturated heterocycles. The van der Waals surface area contributed by atoms with Gasteiger partial charge in [0, 0.05) is 57.3 Å². The maximum Gasteiger partial charge on any atom is 0.181 e. The topological polar surface area (TPSA) is 95.2 Å². The lowest BCUT2D eigenvalue weighted by atomic mass is 10.1. The van der Waals surface area contributed by atoms with Crippen molar-refractivity contribution in [3.63, 3.8) is 0 Å². The van der Waals surface area contributed by atoms with Gasteiger partial charge in [-0.25, -0.2) is 9.37 Å². The molecule has 1 aliphatic carbocycles. The van der Waals surface area contributed by atoms with Gasteiger partial charge in [0.1, 0.15) is 5.82 Å². The highest BCUT2D eigenvalue weighted by Crippen LogP contribution is 2.37. The average Bonchev–Trinajstić information content (AvgIpc) is 3.55. The molecule has 0 atom stereocenters. The first-order valence-electron chi connectivity index (χ1n) is 12.1. The van der Waals surface area contributed by atoms with Crippen LogP contribution in [0.25, 0.3) is 55.7 Å². The zero-order chi connectivity index (χ0) is 24.9. The highest BCUT2D eigenvalue weighted by Gasteiger charge is 2.24. The monoisotopic (exact) mass is 487 g/mol. The minimum Gasteiger partial charge on any atom is -0.358 e. The van der Waals surface area contributed by atoms with Crippen molar-refractivity contribution in [2.75, 3.05) is 5.32 Å². The van der Waals surface area contributed by atoms with Crippen LogP contribution >= 0.6 is 0 Å². The molecule has 3 N–H and O–H groups in total. The van der Waals surface area contributed by atoms with Crippen LogP contribution in [0.5, 0.6) is 0 Å². The fourth-order valence-electron chi connectivity index (χ4n) is 4.70. The van der Waals surface area contributed by atoms with Gasteiger partial charge in [0.2, 0.25) is 0 Å². The number of pyridine rings is 3. The molecule has 0 spiro atoms. The summed E-state index contributed by atoms with van der Waals surface area (Å²) in [5.74, 6) is 0.248. The van der Waals surface area contributed by atoms with E-state index >= 15 is 0 Å². The maximum atomic E-state index is 14.5. The third kappa shape index (κ3) is 3.83. The zero-order valence-corrected chi connectivity index (χ0v) is 19.8. The van der Waals surface area contributed by atoms with Crippen molar-refractivity contribution in [3.05, 3.63) is 91.4 Å². The van der Waals surface area contributed by atoms with Crippen LogP contribution < -0.4 is 5.32 Å². The molecule has 0 amide bonds. The maximum absolute atomic E-state index is 14.5. The molecular weight excluding hydrogens is 465 g/mol. The van der Waals surface area contributed by atoms with Crippen molar-refractivity contribution in [2.45, 2.75) is 12.8 Å². The molecule has 0 aliphatic heterocycles. The number of hydrogen-bond acceptors (Lipinski definition) is 5. The van der Waals surface area contributed by atoms with Crippen molar-refractivity contribution >= 4 is 27.6 Å². The van der Waals surface area contributed by atoms with Crippen molar-refractivity contribution in [3.8, 4) is 33.8 Å². The number of anilines is 1. The van der Waals surface area contributed by atoms with Crippen molar-refractivity contribution < 1.29 is 4.39 Å². The number of nitrogens with zero attached hydrogens (tertiary/aromatic N) is 4. The van der Waals surface area contributed by atoms with Gasteiger partial charge in [-0.3, -0.25) is 15.1 Å². The number of aromatic nitrogens is 6. The summed E-state index contributed by atoms with van der Waals surface area (Å²) in [6.07, 6.45) is 9.49. The molecule has 1 aliphatic rings. The summed E-state index contributed by atoms with van der Waals surface area (Å²) in [5, 5.41) is 12.6. The Morgan fingerprint density at radius 1 is 0.973 bits per heavy atom. The Morgan fingerprint density at radius 2 is 1.84 bits per heavy atom. The van der Waals surface area contributed by atoms with Gasteiger partial charge in [-0.05, 0) is 55.2 Å². The van der Waals surface area contributed by atoms with E-state index in [4.69, 9.17) is 0 Å². The van der Waals surface area contributed by atoms with Crippen LogP contribution in [0.15, 0.2) is 85.6 Å². The van der Waals surface area contributed by atoms with Crippen LogP contribution in [-0.4, -0.2) is 30.1 Å². The molecule has 1 aromatic carbocycles. The molecular formula is C29H22FN7. The number of benzene rings is 1. The lowest BCUT2D eigenvalue weighted by molar-refractivity contribution is 0.631. The summed E-state index contributed by atoms with van der Waals surface area (Å²) in [7, 11) is 0. The van der Waals surface area contributed by atoms with Crippen LogP contribution in [0.1, 0.15) is 12.8 Å². The first-order chi connectivity index (χ1) is 18.1. The Balaban J connectivity index is 1.29. The highest BCUT2D eigenvalue weighted by molar-refractivity contribution is 6.00. The van der Waals surface area contributed by atoms with E-state index in [1.807, 2.05) is 24.4 Å². The molecule has 5 heterocycles. The molecule has 180 valence electrons. The van der Waals surface area contributed by atoms with Gasteiger partial charge in [0.15, 0.2) is 5.65 Å². The summed E-state index contributed by atoms with van der Waals surface area (Å²) < 4.78 is 14.5. The summed E-state index contributed by atoms with van der Waals surface area (Å²) in [6, 6.07) is 14.6. The zero-order valence-electron chi connectivity index (χ0n) is 19.8. The van der Waals surface area contributed by atoms with E-state index in [1.54, 1.807) is 30.7 Å². The predicted molar refractivity (Wildman–Crippen MR) is 143 cm³/mol. The third-order valence-corrected chi connectivity index (χ3v) is 6.80. The number of H-pyrrole nitrogens is 2. The molecule has 37 heavy (non-hydrogen) atoms. The Labute approximate surface area is 211 Å². The highest BCUT2D eigenvalue weighted by atomic mass is 19.1. The van der Waals surface area contributed by atoms with E-state index in [0.717, 1.165) is 50.2 Å². The molecule has 1 fully saturated rings. The molecule has 0 radical (unpaired) electrons. The predicted octanol–water partition coefficient (Wildman–Crippen LogP) is 6.70. The number of halogens is 1. The fourth-order valence-corrected chi connectivity index (χ4v) is 4.70. The van der Waals surface area contributed by atoms with E-state index in [0.29, 0.717) is 22.8 Å². The molecule has 1 saturated carbocycles. The standard InChI is InChI=1S/C29H22FN7/c1-16(17-6-7-17)34-20-10-18(13-31-15-20)19-11-23-28(36-37-29(23)33-14-19)26-12-22-25(35-26)8-9-32-27(22)21-4-2-3-5-24(21)30/h2-5,8-15,17,34-35H,1,6-7H2,(H,33,36,37). The lowest BCUT2D eigenvalue weighted by Gasteiger charge is -2.09. The van der Waals surface area contributed by atoms with Crippen LogP contribution in [0, 0.1) is 11.7 Å². The SMILES string of the molecule is C=C(Nc1cncc(-c2cnc3n[nH]c(-c4cc5c(-c6ccccc6F)nccc5[nH]4)c3c2)c1)C1CC1. The number of aromatic amines is 2. The number of nitrogens with one attached hydrogen (secondary N) is 3. The third-order valence-electron chi connectivity index (χ3n) is 6.80. The molecule has 6 aromatic rings. The minimum absolute atomic E-state index is 0.308. The normalized spacial score (nSPS) is 13.3. The average molecular weight is 488 g/mol. The van der Waals surface area contributed by atoms with E-state index in [-0.39, 0.29) is 5.82 Å². The van der Waals surface area contributed by atoms with Gasteiger partial charge in [-0.15, -0.1) is 0 Å². The van der Waals surface area contributed by atoms with Gasteiger partial charge < -0.3 is 10.3 Å². The largest absolute Gasteiger partial charge is 0.358 e. The van der Waals surface area contributed by atoms with E-state index in [2.05, 4.69) is 54.2 Å². The molecule has 5 aromatic heterocycles. The quantitative estimate of drug-likeness (QED) is 0.243. The Hall–Kier alpha value is -4.85. The second kappa shape index (κ2) is 8.37. The number of allylic oxidation sites excluding steroid dienone is 1. The number of hydrogen-bond donors (Lipinski definition) is 3. The van der Waals surface area contributed by atoms with Gasteiger partial charge in [0.05, 0.1) is 29.0 Å². The van der Waals surface area contributed by atoms with E-state index < -0.39 is 0 Å². The van der Waals surface area contributed by atoms with Gasteiger partial charge in [-0.1, -0.05) is 18.7 Å². The summed E-state index contributed by atoms with van der Waals surface area (Å²) in [5.41, 5.74) is 7.93. The van der Waals surface area contributed by atoms with E-state index in [1.165, 1.54) is 18.9 Å². The summed E-state index contributed by atoms with van der Waals surface area (Å²) in [6.45, 7) is 4.15. The van der Waals surface area contributed by atoms with Gasteiger partial charge in [0.25, 0.3) is 0 Å². The lowest BCUT2D eigenvalue weighted by Crippen LogP contribution is -2.00. The second-order valence-electron chi connectivity index (χ2n) is 9.36. The number of fused-ring (bicyclic) bond motifs is 2. The summed E-state index contributed by atoms with van der Waals surface area (Å²) in [4.78, 5) is 16.9. The van der Waals surface area contributed by atoms with E-state index in [9.17, 15) is 4.39 Å². The van der Waals surface area contributed by atoms with Crippen LogP contribution in [0.4, 0.5) is 10.1 Å². The fraction of sp³-hybridized carbons (Fsp3) is 0.103. The molecule has 7 nitrogen and oxygen atoms in total.